The van der Waals surface area contributed by atoms with E-state index in [-0.39, 0.29) is 5.91 Å². The smallest absolute Gasteiger partial charge is 0.236 e. The standard InChI is InChI=1S/C13H27N3OS/c1-5-11(3)9-16(6-2)10-13(17)15(4)8-7-12(14)18/h11H,5-10H2,1-4H3,(H2,14,18). The van der Waals surface area contributed by atoms with Gasteiger partial charge in [-0.25, -0.2) is 0 Å². The van der Waals surface area contributed by atoms with E-state index in [0.717, 1.165) is 19.5 Å². The molecule has 0 aromatic carbocycles. The van der Waals surface area contributed by atoms with Gasteiger partial charge in [-0.1, -0.05) is 39.4 Å². The molecule has 0 rings (SSSR count). The summed E-state index contributed by atoms with van der Waals surface area (Å²) < 4.78 is 0. The Hall–Kier alpha value is -0.680. The maximum atomic E-state index is 12.0. The fourth-order valence-electron chi connectivity index (χ4n) is 1.59. The van der Waals surface area contributed by atoms with Gasteiger partial charge in [0, 0.05) is 26.6 Å². The van der Waals surface area contributed by atoms with Crippen molar-refractivity contribution in [3.05, 3.63) is 0 Å². The first-order valence-corrected chi connectivity index (χ1v) is 7.06. The fraction of sp³-hybridized carbons (Fsp3) is 0.846. The molecule has 0 saturated heterocycles. The fourth-order valence-corrected chi connectivity index (χ4v) is 1.68. The summed E-state index contributed by atoms with van der Waals surface area (Å²) in [5.41, 5.74) is 5.44. The molecule has 1 atom stereocenters. The van der Waals surface area contributed by atoms with Gasteiger partial charge < -0.3 is 10.6 Å². The first-order valence-electron chi connectivity index (χ1n) is 6.65. The van der Waals surface area contributed by atoms with Gasteiger partial charge in [-0.2, -0.15) is 0 Å². The number of carbonyl (C=O) groups is 1. The molecular formula is C13H27N3OS. The van der Waals surface area contributed by atoms with Crippen LogP contribution in [0.25, 0.3) is 0 Å². The predicted molar refractivity (Wildman–Crippen MR) is 80.6 cm³/mol. The Balaban J connectivity index is 4.12. The van der Waals surface area contributed by atoms with Crippen molar-refractivity contribution in [2.75, 3.05) is 33.2 Å². The lowest BCUT2D eigenvalue weighted by Gasteiger charge is -2.26. The summed E-state index contributed by atoms with van der Waals surface area (Å²) in [6.45, 7) is 9.44. The van der Waals surface area contributed by atoms with Crippen molar-refractivity contribution in [3.63, 3.8) is 0 Å². The number of carbonyl (C=O) groups excluding carboxylic acids is 1. The monoisotopic (exact) mass is 273 g/mol. The highest BCUT2D eigenvalue weighted by Crippen LogP contribution is 2.04. The topological polar surface area (TPSA) is 49.6 Å². The van der Waals surface area contributed by atoms with Crippen LogP contribution in [0.1, 0.15) is 33.6 Å². The lowest BCUT2D eigenvalue weighted by molar-refractivity contribution is -0.131. The molecule has 18 heavy (non-hydrogen) atoms. The second-order valence-corrected chi connectivity index (χ2v) is 5.40. The van der Waals surface area contributed by atoms with E-state index >= 15 is 0 Å². The average molecular weight is 273 g/mol. The van der Waals surface area contributed by atoms with E-state index in [4.69, 9.17) is 18.0 Å². The van der Waals surface area contributed by atoms with Crippen LogP contribution in [-0.4, -0.2) is 53.9 Å². The van der Waals surface area contributed by atoms with Crippen LogP contribution in [0.5, 0.6) is 0 Å². The third-order valence-corrected chi connectivity index (χ3v) is 3.40. The van der Waals surface area contributed by atoms with Gasteiger partial charge in [0.15, 0.2) is 0 Å². The van der Waals surface area contributed by atoms with E-state index in [1.807, 2.05) is 0 Å². The zero-order valence-electron chi connectivity index (χ0n) is 12.1. The van der Waals surface area contributed by atoms with E-state index in [9.17, 15) is 4.79 Å². The molecule has 0 aromatic heterocycles. The van der Waals surface area contributed by atoms with Crippen molar-refractivity contribution in [2.45, 2.75) is 33.6 Å². The Morgan fingerprint density at radius 1 is 1.39 bits per heavy atom. The van der Waals surface area contributed by atoms with Gasteiger partial charge in [-0.3, -0.25) is 9.69 Å². The second kappa shape index (κ2) is 9.28. The third kappa shape index (κ3) is 7.61. The molecule has 0 saturated carbocycles. The lowest BCUT2D eigenvalue weighted by atomic mass is 10.1. The van der Waals surface area contributed by atoms with Crippen LogP contribution in [0.15, 0.2) is 0 Å². The van der Waals surface area contributed by atoms with Gasteiger partial charge in [0.25, 0.3) is 0 Å². The molecule has 1 unspecified atom stereocenters. The second-order valence-electron chi connectivity index (χ2n) is 4.87. The largest absolute Gasteiger partial charge is 0.393 e. The molecule has 0 bridgehead atoms. The molecular weight excluding hydrogens is 246 g/mol. The summed E-state index contributed by atoms with van der Waals surface area (Å²) in [5, 5.41) is 0. The Kier molecular flexibility index (Phi) is 8.93. The molecule has 0 aromatic rings. The van der Waals surface area contributed by atoms with Gasteiger partial charge >= 0.3 is 0 Å². The minimum Gasteiger partial charge on any atom is -0.393 e. The molecule has 4 nitrogen and oxygen atoms in total. The molecule has 0 spiro atoms. The maximum Gasteiger partial charge on any atom is 0.236 e. The first-order chi connectivity index (χ1) is 8.40. The number of hydrogen-bond donors (Lipinski definition) is 1. The van der Waals surface area contributed by atoms with E-state index in [1.165, 1.54) is 0 Å². The predicted octanol–water partition coefficient (Wildman–Crippen LogP) is 1.49. The van der Waals surface area contributed by atoms with Crippen LogP contribution in [0, 0.1) is 5.92 Å². The quantitative estimate of drug-likeness (QED) is 0.647. The Morgan fingerprint density at radius 3 is 2.44 bits per heavy atom. The third-order valence-electron chi connectivity index (χ3n) is 3.19. The summed E-state index contributed by atoms with van der Waals surface area (Å²) >= 11 is 4.81. The molecule has 0 fully saturated rings. The van der Waals surface area contributed by atoms with Crippen molar-refractivity contribution in [1.29, 1.82) is 0 Å². The van der Waals surface area contributed by atoms with Crippen LogP contribution in [0.4, 0.5) is 0 Å². The summed E-state index contributed by atoms with van der Waals surface area (Å²) in [6, 6.07) is 0. The maximum absolute atomic E-state index is 12.0. The minimum absolute atomic E-state index is 0.136. The van der Waals surface area contributed by atoms with Gasteiger partial charge in [0.05, 0.1) is 11.5 Å². The highest BCUT2D eigenvalue weighted by atomic mass is 32.1. The number of hydrogen-bond acceptors (Lipinski definition) is 3. The summed E-state index contributed by atoms with van der Waals surface area (Å²) in [5.74, 6) is 0.760. The number of rotatable bonds is 9. The highest BCUT2D eigenvalue weighted by Gasteiger charge is 2.14. The Labute approximate surface area is 116 Å². The SMILES string of the molecule is CCC(C)CN(CC)CC(=O)N(C)CCC(N)=S. The van der Waals surface area contributed by atoms with Gasteiger partial charge in [0.2, 0.25) is 5.91 Å². The summed E-state index contributed by atoms with van der Waals surface area (Å²) in [6.07, 6.45) is 1.73. The number of likely N-dealkylation sites (N-methyl/N-ethyl adjacent to an activating group) is 2. The molecule has 5 heteroatoms. The summed E-state index contributed by atoms with van der Waals surface area (Å²) in [4.78, 5) is 16.3. The zero-order valence-corrected chi connectivity index (χ0v) is 12.9. The van der Waals surface area contributed by atoms with Crippen LogP contribution in [0.3, 0.4) is 0 Å². The van der Waals surface area contributed by atoms with Gasteiger partial charge in [-0.15, -0.1) is 0 Å². The highest BCUT2D eigenvalue weighted by molar-refractivity contribution is 7.80. The van der Waals surface area contributed by atoms with E-state index in [2.05, 4.69) is 25.7 Å². The summed E-state index contributed by atoms with van der Waals surface area (Å²) in [7, 11) is 1.80. The van der Waals surface area contributed by atoms with Crippen molar-refractivity contribution in [2.24, 2.45) is 11.7 Å². The Bertz CT molecular complexity index is 271. The number of thiocarbonyl (C=S) groups is 1. The first kappa shape index (κ1) is 17.3. The average Bonchev–Trinajstić information content (AvgIpc) is 2.34. The molecule has 106 valence electrons. The van der Waals surface area contributed by atoms with E-state index in [1.54, 1.807) is 11.9 Å². The molecule has 0 aliphatic carbocycles. The minimum atomic E-state index is 0.136. The van der Waals surface area contributed by atoms with Gasteiger partial charge in [0.1, 0.15) is 0 Å². The molecule has 1 amide bonds. The van der Waals surface area contributed by atoms with Crippen molar-refractivity contribution in [1.82, 2.24) is 9.80 Å². The van der Waals surface area contributed by atoms with Crippen molar-refractivity contribution >= 4 is 23.1 Å². The normalized spacial score (nSPS) is 12.5. The van der Waals surface area contributed by atoms with Crippen LogP contribution >= 0.6 is 12.2 Å². The lowest BCUT2D eigenvalue weighted by Crippen LogP contribution is -2.40. The van der Waals surface area contributed by atoms with E-state index in [0.29, 0.717) is 30.4 Å². The van der Waals surface area contributed by atoms with Crippen LogP contribution in [0.2, 0.25) is 0 Å². The number of nitrogens with zero attached hydrogens (tertiary/aromatic N) is 2. The Morgan fingerprint density at radius 2 is 2.00 bits per heavy atom. The van der Waals surface area contributed by atoms with Crippen LogP contribution in [-0.2, 0) is 4.79 Å². The molecule has 2 N–H and O–H groups in total. The molecule has 0 radical (unpaired) electrons. The molecule has 0 aliphatic heterocycles. The zero-order chi connectivity index (χ0) is 14.1. The van der Waals surface area contributed by atoms with E-state index < -0.39 is 0 Å². The number of nitrogens with two attached hydrogens (primary N) is 1. The molecule has 0 heterocycles. The molecule has 0 aliphatic rings. The number of amides is 1. The van der Waals surface area contributed by atoms with Crippen molar-refractivity contribution < 1.29 is 4.79 Å². The van der Waals surface area contributed by atoms with Crippen LogP contribution < -0.4 is 5.73 Å². The van der Waals surface area contributed by atoms with Gasteiger partial charge in [-0.05, 0) is 12.5 Å². The van der Waals surface area contributed by atoms with Crippen molar-refractivity contribution in [3.8, 4) is 0 Å².